The Hall–Kier alpha value is -7.48. The number of hydrogen-bond donors (Lipinski definition) is 16. The van der Waals surface area contributed by atoms with Gasteiger partial charge in [0.05, 0.1) is 104 Å². The standard InChI is InChI=1S/C43H68N8O2.C42H66N8O2/c1-3-11-36-30-39(33-41(53)51-43(21-8-27-47,22-9-28-48)23-10-29-49)37(17-16-35-14-12-34(2)13-15-35)31-38(36)32-40(52)50-42(19-6-25-45,20-7-26-46)18-4-5-24-44;1-3-10-34-11-13-35(14-12-34)15-16-36-30-37(31-39(51)49-41(17-4-23-43,18-5-24-44)19-6-25-45)33(2)29-38(36)32-40(52)50-42(20-7-26-46,21-8-27-47)22-9-28-48/h12-15,30-31H,4-10,18-29,32-33,44-49H2,1-2H3,(H,50,52)(H,51,53);11-14,29-30H,4-9,17-28,31-32,43-48H2,1-2H3,(H,49,51)(H,50,52)/p+12. The molecule has 40 N–H and O–H groups in total. The molecule has 0 unspecified atom stereocenters. The second kappa shape index (κ2) is 52.5. The van der Waals surface area contributed by atoms with E-state index in [1.165, 1.54) is 0 Å². The molecule has 0 radical (unpaired) electrons. The normalized spacial score (nSPS) is 11.3. The Bertz CT molecular complexity index is 3400. The van der Waals surface area contributed by atoms with Gasteiger partial charge in [0.25, 0.3) is 0 Å². The zero-order valence-electron chi connectivity index (χ0n) is 66.0. The molecule has 20 nitrogen and oxygen atoms in total. The second-order valence-electron chi connectivity index (χ2n) is 29.2. The van der Waals surface area contributed by atoms with Gasteiger partial charge in [-0.1, -0.05) is 59.3 Å². The van der Waals surface area contributed by atoms with Gasteiger partial charge in [-0.05, 0) is 271 Å². The number of hydrogen-bond acceptors (Lipinski definition) is 4. The van der Waals surface area contributed by atoms with E-state index in [1.807, 2.05) is 80.6 Å². The summed E-state index contributed by atoms with van der Waals surface area (Å²) in [6.07, 6.45) is 23.9. The fraction of sp³-hybridized carbons (Fsp3) is 0.576. The topological polar surface area (TPSA) is 448 Å². The molecule has 0 bridgehead atoms. The summed E-state index contributed by atoms with van der Waals surface area (Å²) in [5.74, 6) is 25.6. The summed E-state index contributed by atoms with van der Waals surface area (Å²) in [5.41, 5.74) is 58.1. The van der Waals surface area contributed by atoms with E-state index < -0.39 is 0 Å². The van der Waals surface area contributed by atoms with Crippen molar-refractivity contribution < 1.29 is 88.0 Å². The zero-order chi connectivity index (χ0) is 77.2. The Morgan fingerprint density at radius 3 is 0.790 bits per heavy atom. The zero-order valence-corrected chi connectivity index (χ0v) is 66.0. The number of nitrogens with one attached hydrogen (secondary N) is 4. The van der Waals surface area contributed by atoms with Crippen LogP contribution in [0.15, 0.2) is 72.8 Å². The smallest absolute Gasteiger partial charge is 0.224 e. The lowest BCUT2D eigenvalue weighted by molar-refractivity contribution is -0.372. The van der Waals surface area contributed by atoms with Gasteiger partial charge in [0.2, 0.25) is 23.6 Å². The number of aryl methyl sites for hydroxylation is 2. The third kappa shape index (κ3) is 34.8. The largest absolute Gasteiger partial charge is 0.358 e. The van der Waals surface area contributed by atoms with Crippen molar-refractivity contribution >= 4 is 23.6 Å². The molecular weight excluding hydrogens is 1310 g/mol. The predicted octanol–water partition coefficient (Wildman–Crippen LogP) is -2.22. The summed E-state index contributed by atoms with van der Waals surface area (Å²) in [7, 11) is 0. The molecule has 4 rings (SSSR count). The second-order valence-corrected chi connectivity index (χ2v) is 29.2. The molecular formula is C85H146N16O4+12. The van der Waals surface area contributed by atoms with E-state index in [9.17, 15) is 19.2 Å². The molecule has 0 aromatic heterocycles. The van der Waals surface area contributed by atoms with Gasteiger partial charge < -0.3 is 90.1 Å². The average molecular weight is 1460 g/mol. The molecule has 578 valence electrons. The maximum atomic E-state index is 14.0. The van der Waals surface area contributed by atoms with Crippen molar-refractivity contribution in [3.05, 3.63) is 140 Å². The van der Waals surface area contributed by atoms with Crippen LogP contribution in [0, 0.1) is 61.2 Å². The lowest BCUT2D eigenvalue weighted by Gasteiger charge is -2.35. The average Bonchev–Trinajstić information content (AvgIpc) is 0.813. The highest BCUT2D eigenvalue weighted by atomic mass is 16.2. The SMILES string of the molecule is CC#Cc1cc(CC(=O)NC(CCC[NH3+])(CCC[NH3+])CCC[NH3+])c(C#Cc2ccc(C)cc2)cc1CC(=O)NC(CCC[NH3+])(CCC[NH3+])CCCC[NH3+].CC#Cc1ccc(C#Cc2cc(CC(=O)NC(CCC[NH3+])(CCC[NH3+])CCC[NH3+])c(C)cc2CC(=O)NC(CCC[NH3+])(CCC[NH3+])CCC[NH3+])cc1. The molecule has 0 saturated heterocycles. The lowest BCUT2D eigenvalue weighted by atomic mass is 9.82. The van der Waals surface area contributed by atoms with E-state index in [0.717, 1.165) is 306 Å². The van der Waals surface area contributed by atoms with Crippen molar-refractivity contribution in [3.63, 3.8) is 0 Å². The molecule has 4 aromatic rings. The van der Waals surface area contributed by atoms with Crippen LogP contribution in [0.1, 0.15) is 241 Å². The summed E-state index contributed by atoms with van der Waals surface area (Å²) < 4.78 is 0. The molecule has 0 fully saturated rings. The Morgan fingerprint density at radius 1 is 0.286 bits per heavy atom. The predicted molar refractivity (Wildman–Crippen MR) is 419 cm³/mol. The van der Waals surface area contributed by atoms with Crippen molar-refractivity contribution in [1.29, 1.82) is 0 Å². The Morgan fingerprint density at radius 2 is 0.514 bits per heavy atom. The Kier molecular flexibility index (Phi) is 45.9. The summed E-state index contributed by atoms with van der Waals surface area (Å²) in [6.45, 7) is 17.7. The van der Waals surface area contributed by atoms with E-state index in [0.29, 0.717) is 0 Å². The van der Waals surface area contributed by atoms with Gasteiger partial charge in [-0.25, -0.2) is 0 Å². The molecule has 0 spiro atoms. The number of unbranched alkanes of at least 4 members (excludes halogenated alkanes) is 1. The number of amides is 4. The van der Waals surface area contributed by atoms with Crippen LogP contribution < -0.4 is 90.1 Å². The molecule has 0 saturated carbocycles. The molecule has 20 heteroatoms. The summed E-state index contributed by atoms with van der Waals surface area (Å²) in [5, 5.41) is 14.0. The maximum Gasteiger partial charge on any atom is 0.224 e. The molecule has 0 heterocycles. The summed E-state index contributed by atoms with van der Waals surface area (Å²) >= 11 is 0. The first-order chi connectivity index (χ1) is 50.7. The molecule has 105 heavy (non-hydrogen) atoms. The van der Waals surface area contributed by atoms with Crippen molar-refractivity contribution in [1.82, 2.24) is 21.3 Å². The van der Waals surface area contributed by atoms with Crippen molar-refractivity contribution in [2.24, 2.45) is 0 Å². The fourth-order valence-corrected chi connectivity index (χ4v) is 14.4. The minimum absolute atomic E-state index is 0.00309. The quantitative estimate of drug-likeness (QED) is 0.0173. The number of rotatable bonds is 49. The van der Waals surface area contributed by atoms with Gasteiger partial charge in [-0.2, -0.15) is 0 Å². The number of carbonyl (C=O) groups excluding carboxylic acids is 4. The highest BCUT2D eigenvalue weighted by Crippen LogP contribution is 2.31. The molecule has 4 aromatic carbocycles. The van der Waals surface area contributed by atoms with Gasteiger partial charge in [0.15, 0.2) is 0 Å². The third-order valence-electron chi connectivity index (χ3n) is 20.2. The van der Waals surface area contributed by atoms with Crippen LogP contribution in [0.2, 0.25) is 0 Å². The van der Waals surface area contributed by atoms with Gasteiger partial charge in [-0.15, -0.1) is 11.8 Å². The van der Waals surface area contributed by atoms with E-state index in [-0.39, 0.29) is 71.5 Å². The van der Waals surface area contributed by atoms with Crippen LogP contribution in [0.3, 0.4) is 0 Å². The van der Waals surface area contributed by atoms with Gasteiger partial charge in [0, 0.05) is 55.5 Å². The summed E-state index contributed by atoms with van der Waals surface area (Å²) in [6, 6.07) is 24.0. The monoisotopic (exact) mass is 1460 g/mol. The van der Waals surface area contributed by atoms with E-state index in [4.69, 9.17) is 0 Å². The van der Waals surface area contributed by atoms with Crippen LogP contribution in [0.5, 0.6) is 0 Å². The number of quaternary nitrogens is 12. The van der Waals surface area contributed by atoms with Crippen LogP contribution >= 0.6 is 0 Å². The first-order valence-corrected chi connectivity index (χ1v) is 39.8. The number of benzene rings is 4. The fourth-order valence-electron chi connectivity index (χ4n) is 14.4. The van der Waals surface area contributed by atoms with Crippen LogP contribution in [0.4, 0.5) is 0 Å². The van der Waals surface area contributed by atoms with Crippen molar-refractivity contribution in [3.8, 4) is 47.4 Å². The third-order valence-corrected chi connectivity index (χ3v) is 20.2. The maximum absolute atomic E-state index is 14.0. The van der Waals surface area contributed by atoms with E-state index in [2.05, 4.69) is 150 Å². The van der Waals surface area contributed by atoms with Gasteiger partial charge >= 0.3 is 0 Å². The molecule has 0 atom stereocenters. The Balaban J connectivity index is 0.000000545. The minimum atomic E-state index is -0.316. The molecule has 0 aliphatic carbocycles. The Labute approximate surface area is 631 Å². The number of carbonyl (C=O) groups is 4. The minimum Gasteiger partial charge on any atom is -0.358 e. The lowest BCUT2D eigenvalue weighted by Crippen LogP contribution is -2.56. The van der Waals surface area contributed by atoms with Crippen LogP contribution in [-0.4, -0.2) is 124 Å². The molecule has 0 aliphatic heterocycles. The molecule has 4 amide bonds. The first-order valence-electron chi connectivity index (χ1n) is 39.8. The van der Waals surface area contributed by atoms with Gasteiger partial charge in [0.1, 0.15) is 0 Å². The van der Waals surface area contributed by atoms with Crippen LogP contribution in [-0.2, 0) is 44.9 Å². The van der Waals surface area contributed by atoms with Crippen molar-refractivity contribution in [2.45, 2.75) is 236 Å². The van der Waals surface area contributed by atoms with Crippen molar-refractivity contribution in [2.75, 3.05) is 78.5 Å². The highest BCUT2D eigenvalue weighted by molar-refractivity contribution is 5.84. The first kappa shape index (κ1) is 91.7. The highest BCUT2D eigenvalue weighted by Gasteiger charge is 2.36. The van der Waals surface area contributed by atoms with Gasteiger partial charge in [-0.3, -0.25) is 19.2 Å². The van der Waals surface area contributed by atoms with E-state index in [1.54, 1.807) is 6.92 Å². The van der Waals surface area contributed by atoms with E-state index >= 15 is 0 Å². The summed E-state index contributed by atoms with van der Waals surface area (Å²) in [4.78, 5) is 55.8. The van der Waals surface area contributed by atoms with Crippen LogP contribution in [0.25, 0.3) is 0 Å². The molecule has 0 aliphatic rings.